The van der Waals surface area contributed by atoms with Crippen LogP contribution in [0.15, 0.2) is 29.3 Å². The first-order valence-electron chi connectivity index (χ1n) is 11.1. The maximum Gasteiger partial charge on any atom is 0.319 e. The molecule has 2 rings (SSSR count). The molecule has 1 aliphatic carbocycles. The molecule has 168 valence electrons. The first-order chi connectivity index (χ1) is 14.5. The summed E-state index contributed by atoms with van der Waals surface area (Å²) in [5, 5.41) is 12.6. The van der Waals surface area contributed by atoms with Crippen molar-refractivity contribution in [2.75, 3.05) is 32.1 Å². The number of ether oxygens (including phenoxy) is 1. The second kappa shape index (κ2) is 12.4. The van der Waals surface area contributed by atoms with Gasteiger partial charge in [-0.25, -0.2) is 9.79 Å². The van der Waals surface area contributed by atoms with Crippen LogP contribution in [0.1, 0.15) is 58.4 Å². The molecule has 0 radical (unpaired) electrons. The number of aliphatic imine (C=N–C) groups is 1. The van der Waals surface area contributed by atoms with Crippen molar-refractivity contribution in [2.24, 2.45) is 10.4 Å². The fraction of sp³-hybridized carbons (Fsp3) is 0.652. The number of urea groups is 1. The van der Waals surface area contributed by atoms with Gasteiger partial charge in [0.15, 0.2) is 5.96 Å². The number of nitrogens with zero attached hydrogens (tertiary/aromatic N) is 1. The van der Waals surface area contributed by atoms with Crippen molar-refractivity contribution in [3.8, 4) is 0 Å². The molecular formula is C23H39N5O2. The predicted molar refractivity (Wildman–Crippen MR) is 124 cm³/mol. The number of hydrogen-bond donors (Lipinski definition) is 4. The van der Waals surface area contributed by atoms with Gasteiger partial charge in [0.25, 0.3) is 0 Å². The molecular weight excluding hydrogens is 378 g/mol. The Balaban J connectivity index is 1.91. The summed E-state index contributed by atoms with van der Waals surface area (Å²) in [6.07, 6.45) is 6.20. The number of benzene rings is 1. The largest absolute Gasteiger partial charge is 0.385 e. The molecule has 0 aromatic heterocycles. The highest BCUT2D eigenvalue weighted by Crippen LogP contribution is 2.40. The van der Waals surface area contributed by atoms with E-state index in [1.807, 2.05) is 38.1 Å². The van der Waals surface area contributed by atoms with Crippen LogP contribution in [0.5, 0.6) is 0 Å². The van der Waals surface area contributed by atoms with Crippen LogP contribution in [0, 0.1) is 5.41 Å². The molecule has 0 heterocycles. The molecule has 1 aromatic rings. The van der Waals surface area contributed by atoms with Crippen LogP contribution in [0.3, 0.4) is 0 Å². The lowest BCUT2D eigenvalue weighted by atomic mass is 9.83. The minimum Gasteiger partial charge on any atom is -0.385 e. The number of carbonyl (C=O) groups is 1. The number of anilines is 1. The molecule has 7 nitrogen and oxygen atoms in total. The highest BCUT2D eigenvalue weighted by atomic mass is 16.5. The minimum absolute atomic E-state index is 0.105. The van der Waals surface area contributed by atoms with E-state index in [4.69, 9.17) is 9.73 Å². The minimum atomic E-state index is -0.191. The van der Waals surface area contributed by atoms with Crippen LogP contribution < -0.4 is 21.3 Å². The second-order valence-electron chi connectivity index (χ2n) is 8.45. The van der Waals surface area contributed by atoms with Gasteiger partial charge >= 0.3 is 6.03 Å². The molecule has 1 aromatic carbocycles. The van der Waals surface area contributed by atoms with Gasteiger partial charge in [-0.3, -0.25) is 0 Å². The Labute approximate surface area is 181 Å². The van der Waals surface area contributed by atoms with Crippen molar-refractivity contribution in [1.82, 2.24) is 16.0 Å². The summed E-state index contributed by atoms with van der Waals surface area (Å²) < 4.78 is 5.34. The zero-order chi connectivity index (χ0) is 21.8. The Hall–Kier alpha value is -2.28. The summed E-state index contributed by atoms with van der Waals surface area (Å²) in [7, 11) is 1.78. The summed E-state index contributed by atoms with van der Waals surface area (Å²) >= 11 is 0. The van der Waals surface area contributed by atoms with E-state index in [9.17, 15) is 4.79 Å². The normalized spacial score (nSPS) is 15.8. The molecule has 1 saturated carbocycles. The van der Waals surface area contributed by atoms with Gasteiger partial charge in [-0.1, -0.05) is 25.0 Å². The Morgan fingerprint density at radius 2 is 1.87 bits per heavy atom. The van der Waals surface area contributed by atoms with Gasteiger partial charge in [0, 0.05) is 38.5 Å². The van der Waals surface area contributed by atoms with Crippen LogP contribution in [-0.2, 0) is 11.3 Å². The van der Waals surface area contributed by atoms with Gasteiger partial charge < -0.3 is 26.0 Å². The van der Waals surface area contributed by atoms with Gasteiger partial charge in [0.2, 0.25) is 0 Å². The molecule has 0 unspecified atom stereocenters. The van der Waals surface area contributed by atoms with Crippen molar-refractivity contribution < 1.29 is 9.53 Å². The first kappa shape index (κ1) is 24.0. The quantitative estimate of drug-likeness (QED) is 0.344. The Morgan fingerprint density at radius 3 is 2.47 bits per heavy atom. The third-order valence-corrected chi connectivity index (χ3v) is 5.53. The van der Waals surface area contributed by atoms with Gasteiger partial charge in [-0.05, 0) is 63.1 Å². The zero-order valence-electron chi connectivity index (χ0n) is 19.0. The molecule has 1 aliphatic rings. The van der Waals surface area contributed by atoms with Crippen LogP contribution in [-0.4, -0.2) is 44.8 Å². The lowest BCUT2D eigenvalue weighted by Crippen LogP contribution is -2.43. The maximum atomic E-state index is 11.8. The van der Waals surface area contributed by atoms with E-state index >= 15 is 0 Å². The van der Waals surface area contributed by atoms with Crippen LogP contribution in [0.4, 0.5) is 10.5 Å². The Morgan fingerprint density at radius 1 is 1.17 bits per heavy atom. The topological polar surface area (TPSA) is 86.8 Å². The average molecular weight is 418 g/mol. The van der Waals surface area contributed by atoms with E-state index in [1.54, 1.807) is 7.11 Å². The summed E-state index contributed by atoms with van der Waals surface area (Å²) in [5.41, 5.74) is 2.18. The van der Waals surface area contributed by atoms with Crippen LogP contribution in [0.2, 0.25) is 0 Å². The highest BCUT2D eigenvalue weighted by Gasteiger charge is 2.33. The number of hydrogen-bond acceptors (Lipinski definition) is 3. The molecule has 0 spiro atoms. The van der Waals surface area contributed by atoms with Crippen molar-refractivity contribution in [3.05, 3.63) is 29.8 Å². The molecule has 1 fully saturated rings. The summed E-state index contributed by atoms with van der Waals surface area (Å²) in [4.78, 5) is 16.5. The number of nitrogens with one attached hydrogen (secondary N) is 4. The third kappa shape index (κ3) is 8.22. The van der Waals surface area contributed by atoms with Crippen LogP contribution in [0.25, 0.3) is 0 Å². The Bertz CT molecular complexity index is 667. The number of carbonyl (C=O) groups excluding carboxylic acids is 1. The zero-order valence-corrected chi connectivity index (χ0v) is 19.0. The number of methoxy groups -OCH3 is 1. The van der Waals surface area contributed by atoms with Crippen LogP contribution >= 0.6 is 0 Å². The van der Waals surface area contributed by atoms with Crippen molar-refractivity contribution in [2.45, 2.75) is 65.5 Å². The smallest absolute Gasteiger partial charge is 0.319 e. The number of rotatable bonds is 10. The SMILES string of the molecule is CCNC(=NCc1ccc(NC(=O)NC(C)C)cc1)NCC1(CCOC)CCCC1. The van der Waals surface area contributed by atoms with Gasteiger partial charge in [0.05, 0.1) is 6.54 Å². The molecule has 0 bridgehead atoms. The summed E-state index contributed by atoms with van der Waals surface area (Å²) in [6, 6.07) is 7.72. The van der Waals surface area contributed by atoms with Crippen molar-refractivity contribution in [3.63, 3.8) is 0 Å². The Kier molecular flexibility index (Phi) is 9.94. The lowest BCUT2D eigenvalue weighted by Gasteiger charge is -2.30. The fourth-order valence-electron chi connectivity index (χ4n) is 3.86. The second-order valence-corrected chi connectivity index (χ2v) is 8.45. The van der Waals surface area contributed by atoms with Gasteiger partial charge in [-0.2, -0.15) is 0 Å². The fourth-order valence-corrected chi connectivity index (χ4v) is 3.86. The van der Waals surface area contributed by atoms with Crippen molar-refractivity contribution in [1.29, 1.82) is 0 Å². The molecule has 7 heteroatoms. The third-order valence-electron chi connectivity index (χ3n) is 5.53. The molecule has 0 aliphatic heterocycles. The monoisotopic (exact) mass is 417 g/mol. The highest BCUT2D eigenvalue weighted by molar-refractivity contribution is 5.89. The number of guanidine groups is 1. The predicted octanol–water partition coefficient (Wildman–Crippen LogP) is 3.87. The molecule has 2 amide bonds. The average Bonchev–Trinajstić information content (AvgIpc) is 3.18. The van der Waals surface area contributed by atoms with E-state index in [0.29, 0.717) is 12.0 Å². The molecule has 30 heavy (non-hydrogen) atoms. The molecule has 0 atom stereocenters. The van der Waals surface area contributed by atoms with Crippen molar-refractivity contribution >= 4 is 17.7 Å². The van der Waals surface area contributed by atoms with Gasteiger partial charge in [0.1, 0.15) is 0 Å². The maximum absolute atomic E-state index is 11.8. The molecule has 0 saturated heterocycles. The summed E-state index contributed by atoms with van der Waals surface area (Å²) in [5.74, 6) is 0.847. The van der Waals surface area contributed by atoms with E-state index in [2.05, 4.69) is 28.2 Å². The van der Waals surface area contributed by atoms with E-state index in [1.165, 1.54) is 25.7 Å². The first-order valence-corrected chi connectivity index (χ1v) is 11.1. The van der Waals surface area contributed by atoms with E-state index in [0.717, 1.165) is 43.3 Å². The van der Waals surface area contributed by atoms with E-state index in [-0.39, 0.29) is 12.1 Å². The standard InChI is InChI=1S/C23H39N5O2/c1-5-24-21(26-17-23(14-15-30-4)12-6-7-13-23)25-16-19-8-10-20(11-9-19)28-22(29)27-18(2)3/h8-11,18H,5-7,12-17H2,1-4H3,(H2,24,25,26)(H2,27,28,29). The molecule has 4 N–H and O–H groups in total. The summed E-state index contributed by atoms with van der Waals surface area (Å²) in [6.45, 7) is 9.09. The van der Waals surface area contributed by atoms with Gasteiger partial charge in [-0.15, -0.1) is 0 Å². The van der Waals surface area contributed by atoms with E-state index < -0.39 is 0 Å². The lowest BCUT2D eigenvalue weighted by molar-refractivity contribution is 0.138. The number of amides is 2.